The summed E-state index contributed by atoms with van der Waals surface area (Å²) in [6.45, 7) is 3.04. The van der Waals surface area contributed by atoms with E-state index in [0.717, 1.165) is 0 Å². The number of urea groups is 1. The molecule has 4 atom stereocenters. The van der Waals surface area contributed by atoms with Crippen LogP contribution in [-0.2, 0) is 9.53 Å². The third-order valence-corrected chi connectivity index (χ3v) is 3.60. The first-order chi connectivity index (χ1) is 9.41. The maximum atomic E-state index is 11.9. The number of rotatable bonds is 2. The first-order valence-corrected chi connectivity index (χ1v) is 6.41. The van der Waals surface area contributed by atoms with E-state index in [-0.39, 0.29) is 19.6 Å². The van der Waals surface area contributed by atoms with Gasteiger partial charge in [0.25, 0.3) is 0 Å². The number of hydrogen-bond acceptors (Lipinski definition) is 5. The molecule has 0 aromatic carbocycles. The smallest absolute Gasteiger partial charge is 0.326 e. The average Bonchev–Trinajstić information content (AvgIpc) is 2.76. The fourth-order valence-electron chi connectivity index (χ4n) is 2.47. The van der Waals surface area contributed by atoms with Crippen LogP contribution in [0.5, 0.6) is 0 Å². The van der Waals surface area contributed by atoms with Gasteiger partial charge in [0.05, 0.1) is 19.3 Å². The van der Waals surface area contributed by atoms with Gasteiger partial charge in [-0.3, -0.25) is 15.0 Å². The van der Waals surface area contributed by atoms with E-state index in [2.05, 4.69) is 17.2 Å². The van der Waals surface area contributed by atoms with Crippen LogP contribution in [0.1, 0.15) is 20.3 Å². The average molecular weight is 282 g/mol. The number of aliphatic hydroxyl groups is 2. The molecular weight excluding hydrogens is 264 g/mol. The zero-order valence-electron chi connectivity index (χ0n) is 11.4. The topological polar surface area (TPSA) is 99.1 Å². The highest BCUT2D eigenvalue weighted by molar-refractivity contribution is 6.01. The molecule has 2 saturated heterocycles. The highest BCUT2D eigenvalue weighted by Crippen LogP contribution is 2.29. The molecule has 2 fully saturated rings. The Labute approximate surface area is 116 Å². The fraction of sp³-hybridized carbons (Fsp3) is 0.692. The van der Waals surface area contributed by atoms with Crippen LogP contribution >= 0.6 is 0 Å². The Morgan fingerprint density at radius 1 is 1.55 bits per heavy atom. The van der Waals surface area contributed by atoms with Crippen LogP contribution in [0.25, 0.3) is 0 Å². The standard InChI is InChI=1S/C13H18N2O5/c1-3-4-13(2)7-15(12(19)14-11(13)18)10-5-8(17)9(6-16)20-10/h8-10,16-17H,5-7H2,1-2H3,(H,14,18,19)/t8-,9+,10+,13?/m0/s1. The molecule has 0 aromatic rings. The zero-order chi connectivity index (χ0) is 14.9. The summed E-state index contributed by atoms with van der Waals surface area (Å²) in [6, 6.07) is -0.568. The maximum absolute atomic E-state index is 11.9. The van der Waals surface area contributed by atoms with Gasteiger partial charge in [-0.1, -0.05) is 5.92 Å². The van der Waals surface area contributed by atoms with Gasteiger partial charge in [0.2, 0.25) is 5.91 Å². The number of nitrogens with one attached hydrogen (secondary N) is 1. The highest BCUT2D eigenvalue weighted by Gasteiger charge is 2.47. The van der Waals surface area contributed by atoms with Crippen LogP contribution in [0, 0.1) is 17.3 Å². The van der Waals surface area contributed by atoms with E-state index in [9.17, 15) is 14.7 Å². The molecule has 3 amide bonds. The molecule has 0 saturated carbocycles. The first-order valence-electron chi connectivity index (χ1n) is 6.41. The van der Waals surface area contributed by atoms with Crippen molar-refractivity contribution in [3.63, 3.8) is 0 Å². The molecule has 2 aliphatic rings. The lowest BCUT2D eigenvalue weighted by molar-refractivity contribution is -0.132. The zero-order valence-corrected chi connectivity index (χ0v) is 11.4. The quantitative estimate of drug-likeness (QED) is 0.566. The Morgan fingerprint density at radius 2 is 2.25 bits per heavy atom. The molecule has 110 valence electrons. The lowest BCUT2D eigenvalue weighted by Gasteiger charge is -2.38. The number of imide groups is 1. The van der Waals surface area contributed by atoms with Crippen molar-refractivity contribution in [3.8, 4) is 11.8 Å². The summed E-state index contributed by atoms with van der Waals surface area (Å²) in [5.74, 6) is 5.04. The molecule has 3 N–H and O–H groups in total. The van der Waals surface area contributed by atoms with Crippen molar-refractivity contribution in [2.24, 2.45) is 5.41 Å². The maximum Gasteiger partial charge on any atom is 0.326 e. The van der Waals surface area contributed by atoms with E-state index >= 15 is 0 Å². The summed E-state index contributed by atoms with van der Waals surface area (Å²) in [4.78, 5) is 25.1. The largest absolute Gasteiger partial charge is 0.394 e. The van der Waals surface area contributed by atoms with E-state index in [4.69, 9.17) is 9.84 Å². The van der Waals surface area contributed by atoms with Crippen LogP contribution in [0.4, 0.5) is 4.79 Å². The number of hydrogen-bond donors (Lipinski definition) is 3. The van der Waals surface area contributed by atoms with E-state index in [1.807, 2.05) is 0 Å². The molecule has 2 rings (SSSR count). The first kappa shape index (κ1) is 14.8. The molecule has 2 aliphatic heterocycles. The number of nitrogens with zero attached hydrogens (tertiary/aromatic N) is 1. The molecule has 1 unspecified atom stereocenters. The molecule has 0 bridgehead atoms. The summed E-state index contributed by atoms with van der Waals surface area (Å²) in [5, 5.41) is 21.0. The molecule has 2 heterocycles. The number of carbonyl (C=O) groups is 2. The van der Waals surface area contributed by atoms with Gasteiger partial charge in [-0.25, -0.2) is 4.79 Å². The fourth-order valence-corrected chi connectivity index (χ4v) is 2.47. The van der Waals surface area contributed by atoms with Gasteiger partial charge in [0.15, 0.2) is 0 Å². The van der Waals surface area contributed by atoms with Crippen molar-refractivity contribution >= 4 is 11.9 Å². The Hall–Kier alpha value is -1.62. The Balaban J connectivity index is 2.17. The van der Waals surface area contributed by atoms with Crippen LogP contribution in [0.15, 0.2) is 0 Å². The molecule has 0 aromatic heterocycles. The molecule has 0 radical (unpaired) electrons. The van der Waals surface area contributed by atoms with Crippen molar-refractivity contribution in [2.45, 2.75) is 38.7 Å². The summed E-state index contributed by atoms with van der Waals surface area (Å²) in [7, 11) is 0. The Morgan fingerprint density at radius 3 is 2.80 bits per heavy atom. The monoisotopic (exact) mass is 282 g/mol. The van der Waals surface area contributed by atoms with Crippen LogP contribution in [-0.4, -0.2) is 58.6 Å². The number of amides is 3. The van der Waals surface area contributed by atoms with Crippen molar-refractivity contribution in [1.29, 1.82) is 0 Å². The molecule has 0 aliphatic carbocycles. The van der Waals surface area contributed by atoms with Gasteiger partial charge in [-0.15, -0.1) is 5.92 Å². The minimum atomic E-state index is -1.01. The van der Waals surface area contributed by atoms with Gasteiger partial charge in [0.1, 0.15) is 17.7 Å². The molecule has 0 spiro atoms. The number of carbonyl (C=O) groups excluding carboxylic acids is 2. The Bertz CT molecular complexity index is 483. The summed E-state index contributed by atoms with van der Waals surface area (Å²) in [5.41, 5.74) is -1.01. The lowest BCUT2D eigenvalue weighted by atomic mass is 9.87. The highest BCUT2D eigenvalue weighted by atomic mass is 16.5. The normalized spacial score (nSPS) is 37.4. The summed E-state index contributed by atoms with van der Waals surface area (Å²) in [6.07, 6.45) is -2.02. The minimum Gasteiger partial charge on any atom is -0.394 e. The second kappa shape index (κ2) is 5.40. The number of aliphatic hydroxyl groups excluding tert-OH is 2. The van der Waals surface area contributed by atoms with E-state index in [0.29, 0.717) is 0 Å². The van der Waals surface area contributed by atoms with Crippen molar-refractivity contribution in [2.75, 3.05) is 13.2 Å². The van der Waals surface area contributed by atoms with Crippen LogP contribution in [0.3, 0.4) is 0 Å². The van der Waals surface area contributed by atoms with E-state index < -0.39 is 35.8 Å². The molecular formula is C13H18N2O5. The van der Waals surface area contributed by atoms with Crippen molar-refractivity contribution < 1.29 is 24.5 Å². The summed E-state index contributed by atoms with van der Waals surface area (Å²) < 4.78 is 5.45. The predicted octanol–water partition coefficient (Wildman–Crippen LogP) is -0.964. The number of ether oxygens (including phenoxy) is 1. The van der Waals surface area contributed by atoms with E-state index in [1.165, 1.54) is 4.90 Å². The minimum absolute atomic E-state index is 0.0913. The van der Waals surface area contributed by atoms with Gasteiger partial charge in [0, 0.05) is 6.42 Å². The van der Waals surface area contributed by atoms with Gasteiger partial charge >= 0.3 is 6.03 Å². The summed E-state index contributed by atoms with van der Waals surface area (Å²) >= 11 is 0. The lowest BCUT2D eigenvalue weighted by Crippen LogP contribution is -2.61. The van der Waals surface area contributed by atoms with Gasteiger partial charge < -0.3 is 14.9 Å². The second-order valence-electron chi connectivity index (χ2n) is 5.21. The second-order valence-corrected chi connectivity index (χ2v) is 5.21. The van der Waals surface area contributed by atoms with Crippen LogP contribution < -0.4 is 5.32 Å². The molecule has 7 nitrogen and oxygen atoms in total. The third kappa shape index (κ3) is 2.50. The van der Waals surface area contributed by atoms with Crippen molar-refractivity contribution in [3.05, 3.63) is 0 Å². The third-order valence-electron chi connectivity index (χ3n) is 3.60. The van der Waals surface area contributed by atoms with Gasteiger partial charge in [-0.05, 0) is 13.8 Å². The van der Waals surface area contributed by atoms with Gasteiger partial charge in [-0.2, -0.15) is 0 Å². The molecule has 20 heavy (non-hydrogen) atoms. The van der Waals surface area contributed by atoms with Crippen molar-refractivity contribution in [1.82, 2.24) is 10.2 Å². The van der Waals surface area contributed by atoms with E-state index in [1.54, 1.807) is 13.8 Å². The molecule has 7 heteroatoms. The predicted molar refractivity (Wildman–Crippen MR) is 68.2 cm³/mol. The Kier molecular flexibility index (Phi) is 3.99. The SMILES string of the molecule is CC#CC1(C)CN([C@H]2C[C@H](O)[C@@H](CO)O2)C(=O)NC1=O. The van der Waals surface area contributed by atoms with Crippen LogP contribution in [0.2, 0.25) is 0 Å².